The van der Waals surface area contributed by atoms with Gasteiger partial charge in [0.25, 0.3) is 11.8 Å². The zero-order valence-corrected chi connectivity index (χ0v) is 25.0. The van der Waals surface area contributed by atoms with Gasteiger partial charge in [0.1, 0.15) is 5.69 Å². The highest BCUT2D eigenvalue weighted by Crippen LogP contribution is 2.42. The number of halogens is 4. The number of nitrogens with one attached hydrogen (secondary N) is 1. The Bertz CT molecular complexity index is 1250. The summed E-state index contributed by atoms with van der Waals surface area (Å²) in [6, 6.07) is 9.12. The van der Waals surface area contributed by atoms with E-state index in [0.29, 0.717) is 50.5 Å². The first-order chi connectivity index (χ1) is 18.0. The normalized spacial score (nSPS) is 21.9. The highest BCUT2D eigenvalue weighted by molar-refractivity contribution is 5.98. The van der Waals surface area contributed by atoms with Gasteiger partial charge in [0.15, 0.2) is 0 Å². The van der Waals surface area contributed by atoms with Crippen LogP contribution in [-0.4, -0.2) is 76.6 Å². The maximum atomic E-state index is 14.7. The van der Waals surface area contributed by atoms with Gasteiger partial charge in [-0.05, 0) is 24.6 Å². The minimum atomic E-state index is -3.10. The van der Waals surface area contributed by atoms with Crippen LogP contribution in [0.15, 0.2) is 30.3 Å². The fourth-order valence-corrected chi connectivity index (χ4v) is 5.85. The molecule has 3 aliphatic rings. The summed E-state index contributed by atoms with van der Waals surface area (Å²) in [5.41, 5.74) is 1.85. The monoisotopic (exact) mass is 598 g/mol. The third kappa shape index (κ3) is 6.10. The summed E-state index contributed by atoms with van der Waals surface area (Å²) in [5, 5.41) is 11.5. The van der Waals surface area contributed by atoms with Crippen molar-refractivity contribution in [3.05, 3.63) is 52.8 Å². The van der Waals surface area contributed by atoms with Crippen molar-refractivity contribution in [1.82, 2.24) is 25.3 Å². The number of piperazine rings is 1. The predicted octanol–water partition coefficient (Wildman–Crippen LogP) is 4.15. The molecule has 2 amide bonds. The molecule has 3 aliphatic heterocycles. The van der Waals surface area contributed by atoms with Crippen LogP contribution in [0.25, 0.3) is 0 Å². The summed E-state index contributed by atoms with van der Waals surface area (Å²) in [6.07, 6.45) is -0.00961. The van der Waals surface area contributed by atoms with Gasteiger partial charge in [0.2, 0.25) is 5.91 Å². The minimum absolute atomic E-state index is 0. The molecular formula is C28H38Cl2F2N6O2. The van der Waals surface area contributed by atoms with Crippen molar-refractivity contribution < 1.29 is 18.4 Å². The van der Waals surface area contributed by atoms with E-state index >= 15 is 0 Å². The van der Waals surface area contributed by atoms with Crippen LogP contribution >= 0.6 is 24.8 Å². The molecule has 5 rings (SSSR count). The number of benzene rings is 1. The molecule has 40 heavy (non-hydrogen) atoms. The fraction of sp³-hybridized carbons (Fsp3) is 0.571. The van der Waals surface area contributed by atoms with Gasteiger partial charge in [-0.1, -0.05) is 45.4 Å². The lowest BCUT2D eigenvalue weighted by molar-refractivity contribution is -0.120. The third-order valence-corrected chi connectivity index (χ3v) is 7.89. The number of fused-ring (bicyclic) bond motifs is 2. The average Bonchev–Trinajstić information content (AvgIpc) is 3.33. The lowest BCUT2D eigenvalue weighted by Crippen LogP contribution is -2.60. The van der Waals surface area contributed by atoms with Crippen LogP contribution in [0.3, 0.4) is 0 Å². The summed E-state index contributed by atoms with van der Waals surface area (Å²) in [4.78, 5) is 32.3. The highest BCUT2D eigenvalue weighted by Gasteiger charge is 2.43. The Kier molecular flexibility index (Phi) is 9.82. The van der Waals surface area contributed by atoms with Gasteiger partial charge in [0, 0.05) is 62.2 Å². The second-order valence-corrected chi connectivity index (χ2v) is 11.5. The van der Waals surface area contributed by atoms with Crippen molar-refractivity contribution >= 4 is 42.3 Å². The van der Waals surface area contributed by atoms with Gasteiger partial charge in [0.05, 0.1) is 17.9 Å². The summed E-state index contributed by atoms with van der Waals surface area (Å²) in [5.74, 6) is -3.25. The van der Waals surface area contributed by atoms with Crippen LogP contribution in [0.5, 0.6) is 0 Å². The number of hydrogen-bond donors (Lipinski definition) is 1. The lowest BCUT2D eigenvalue weighted by atomic mass is 9.91. The Balaban J connectivity index is 0.00000220. The number of alkyl halides is 2. The molecule has 0 spiro atoms. The van der Waals surface area contributed by atoms with Gasteiger partial charge in [-0.3, -0.25) is 14.5 Å². The smallest absolute Gasteiger partial charge is 0.291 e. The van der Waals surface area contributed by atoms with Crippen LogP contribution in [0.4, 0.5) is 14.5 Å². The highest BCUT2D eigenvalue weighted by atomic mass is 35.5. The molecule has 1 aromatic heterocycles. The summed E-state index contributed by atoms with van der Waals surface area (Å²) in [7, 11) is 0. The van der Waals surface area contributed by atoms with E-state index in [1.807, 2.05) is 43.0 Å². The van der Waals surface area contributed by atoms with Crippen molar-refractivity contribution in [3.63, 3.8) is 0 Å². The number of hydrogen-bond acceptors (Lipinski definition) is 6. The molecule has 1 N–H and O–H groups in total. The van der Waals surface area contributed by atoms with Gasteiger partial charge in [-0.15, -0.1) is 29.9 Å². The Labute approximate surface area is 246 Å². The van der Waals surface area contributed by atoms with E-state index in [1.54, 1.807) is 11.8 Å². The largest absolute Gasteiger partial charge is 0.333 e. The zero-order chi connectivity index (χ0) is 27.2. The maximum absolute atomic E-state index is 14.7. The fourth-order valence-electron chi connectivity index (χ4n) is 5.85. The van der Waals surface area contributed by atoms with E-state index in [9.17, 15) is 18.4 Å². The average molecular weight is 600 g/mol. The number of aromatic nitrogens is 2. The second kappa shape index (κ2) is 12.2. The summed E-state index contributed by atoms with van der Waals surface area (Å²) < 4.78 is 29.4. The zero-order valence-electron chi connectivity index (χ0n) is 23.3. The van der Waals surface area contributed by atoms with Gasteiger partial charge in [-0.25, -0.2) is 0 Å². The molecule has 1 fully saturated rings. The summed E-state index contributed by atoms with van der Waals surface area (Å²) in [6.45, 7) is 10.5. The molecule has 0 aliphatic carbocycles. The first kappa shape index (κ1) is 32.1. The summed E-state index contributed by atoms with van der Waals surface area (Å²) >= 11 is 0. The Morgan fingerprint density at radius 1 is 1.20 bits per heavy atom. The van der Waals surface area contributed by atoms with E-state index < -0.39 is 17.0 Å². The number of rotatable bonds is 7. The number of amides is 2. The second-order valence-electron chi connectivity index (χ2n) is 11.5. The molecule has 0 radical (unpaired) electrons. The van der Waals surface area contributed by atoms with E-state index in [2.05, 4.69) is 27.3 Å². The molecule has 1 saturated heterocycles. The molecule has 0 saturated carbocycles. The van der Waals surface area contributed by atoms with Crippen molar-refractivity contribution in [3.8, 4) is 0 Å². The number of anilines is 1. The van der Waals surface area contributed by atoms with E-state index in [0.717, 1.165) is 11.1 Å². The molecule has 0 unspecified atom stereocenters. The minimum Gasteiger partial charge on any atom is -0.333 e. The van der Waals surface area contributed by atoms with Gasteiger partial charge < -0.3 is 15.1 Å². The molecule has 4 heterocycles. The van der Waals surface area contributed by atoms with Gasteiger partial charge in [-0.2, -0.15) is 13.9 Å². The first-order valence-corrected chi connectivity index (χ1v) is 13.4. The molecule has 0 bridgehead atoms. The third-order valence-electron chi connectivity index (χ3n) is 7.89. The van der Waals surface area contributed by atoms with Crippen LogP contribution < -0.4 is 10.2 Å². The number of carbonyl (C=O) groups is 2. The molecule has 220 valence electrons. The topological polar surface area (TPSA) is 81.7 Å². The van der Waals surface area contributed by atoms with E-state index in [1.165, 1.54) is 6.07 Å². The van der Waals surface area contributed by atoms with E-state index in [4.69, 9.17) is 0 Å². The van der Waals surface area contributed by atoms with Crippen LogP contribution in [0.1, 0.15) is 67.8 Å². The number of nitrogens with zero attached hydrogens (tertiary/aromatic N) is 5. The van der Waals surface area contributed by atoms with E-state index in [-0.39, 0.29) is 61.7 Å². The van der Waals surface area contributed by atoms with Crippen LogP contribution in [-0.2, 0) is 22.7 Å². The maximum Gasteiger partial charge on any atom is 0.291 e. The number of carbonyl (C=O) groups excluding carboxylic acids is 2. The predicted molar refractivity (Wildman–Crippen MR) is 155 cm³/mol. The lowest BCUT2D eigenvalue weighted by Gasteiger charge is -2.41. The Morgan fingerprint density at radius 2 is 1.93 bits per heavy atom. The molecule has 2 aromatic rings. The van der Waals surface area contributed by atoms with Crippen LogP contribution in [0.2, 0.25) is 0 Å². The van der Waals surface area contributed by atoms with Gasteiger partial charge >= 0.3 is 0 Å². The first-order valence-electron chi connectivity index (χ1n) is 13.4. The molecule has 8 nitrogen and oxygen atoms in total. The molecule has 1 aromatic carbocycles. The van der Waals surface area contributed by atoms with Crippen molar-refractivity contribution in [1.29, 1.82) is 0 Å². The van der Waals surface area contributed by atoms with Crippen molar-refractivity contribution in [2.45, 2.75) is 70.5 Å². The van der Waals surface area contributed by atoms with Crippen molar-refractivity contribution in [2.24, 2.45) is 0 Å². The SMILES string of the molecule is CCCC(F)(F)c1cc2c(nn1)C(C)(C)CN2C(=O)CN1C[C@@H](C)NC[C@@H]1CN1Cc2ccccc2C1=O.Cl.Cl. The Hall–Kier alpha value is -2.40. The van der Waals surface area contributed by atoms with Crippen molar-refractivity contribution in [2.75, 3.05) is 37.6 Å². The Morgan fingerprint density at radius 3 is 2.62 bits per heavy atom. The molecular weight excluding hydrogens is 561 g/mol. The molecule has 12 heteroatoms. The molecule has 2 atom stereocenters. The quantitative estimate of drug-likeness (QED) is 0.515. The standard InChI is InChI=1S/C28H36F2N6O2.2ClH/c1-5-10-28(29,30)23-11-22-25(33-32-23)27(3,4)17-36(22)24(37)16-34-13-18(2)31-12-20(34)15-35-14-19-8-6-7-9-21(19)26(35)38;;/h6-9,11,18,20,31H,5,10,12-17H2,1-4H3;2*1H/t18-,20-;;/m1../s1. The van der Waals surface area contributed by atoms with Crippen LogP contribution in [0, 0.1) is 0 Å².